The van der Waals surface area contributed by atoms with Crippen molar-refractivity contribution in [2.45, 2.75) is 65.6 Å². The van der Waals surface area contributed by atoms with Crippen LogP contribution in [0.2, 0.25) is 0 Å². The molecule has 9 heteroatoms. The van der Waals surface area contributed by atoms with Gasteiger partial charge in [-0.15, -0.1) is 10.2 Å². The topological polar surface area (TPSA) is 92.1 Å². The Morgan fingerprint density at radius 1 is 1.08 bits per heavy atom. The van der Waals surface area contributed by atoms with Crippen LogP contribution in [0.1, 0.15) is 68.0 Å². The first kappa shape index (κ1) is 24.0. The van der Waals surface area contributed by atoms with E-state index in [0.29, 0.717) is 30.7 Å². The first-order chi connectivity index (χ1) is 17.7. The largest absolute Gasteiger partial charge is 0.356 e. The van der Waals surface area contributed by atoms with E-state index in [1.165, 1.54) is 6.42 Å². The van der Waals surface area contributed by atoms with Crippen molar-refractivity contribution in [2.75, 3.05) is 29.9 Å². The second-order valence-corrected chi connectivity index (χ2v) is 11.7. The van der Waals surface area contributed by atoms with Crippen molar-refractivity contribution in [2.24, 2.45) is 11.8 Å². The number of amides is 1. The minimum atomic E-state index is -0.0564. The molecule has 6 rings (SSSR count). The van der Waals surface area contributed by atoms with Crippen LogP contribution in [-0.2, 0) is 25.0 Å². The number of piperidine rings is 1. The molecule has 3 aliphatic heterocycles. The summed E-state index contributed by atoms with van der Waals surface area (Å²) in [5.74, 6) is 4.48. The molecule has 6 heterocycles. The van der Waals surface area contributed by atoms with Crippen molar-refractivity contribution >= 4 is 17.5 Å². The monoisotopic (exact) mass is 500 g/mol. The van der Waals surface area contributed by atoms with Gasteiger partial charge in [-0.3, -0.25) is 9.69 Å². The molecule has 194 valence electrons. The van der Waals surface area contributed by atoms with Crippen molar-refractivity contribution in [3.63, 3.8) is 0 Å². The van der Waals surface area contributed by atoms with Gasteiger partial charge in [0.15, 0.2) is 5.82 Å². The molecule has 0 saturated carbocycles. The van der Waals surface area contributed by atoms with Crippen LogP contribution in [0.4, 0.5) is 11.6 Å². The molecule has 1 amide bonds. The number of rotatable bonds is 5. The number of fused-ring (bicyclic) bond motifs is 2. The molecule has 3 aromatic rings. The highest BCUT2D eigenvalue weighted by molar-refractivity contribution is 6.10. The molecule has 0 spiro atoms. The van der Waals surface area contributed by atoms with Crippen molar-refractivity contribution in [1.82, 2.24) is 30.0 Å². The summed E-state index contributed by atoms with van der Waals surface area (Å²) in [6, 6.07) is 7.80. The van der Waals surface area contributed by atoms with Crippen molar-refractivity contribution in [3.8, 4) is 11.5 Å². The summed E-state index contributed by atoms with van der Waals surface area (Å²) in [5, 5.41) is 12.1. The van der Waals surface area contributed by atoms with Crippen molar-refractivity contribution < 1.29 is 4.79 Å². The molecule has 3 aliphatic rings. The zero-order chi connectivity index (χ0) is 25.9. The van der Waals surface area contributed by atoms with E-state index in [9.17, 15) is 4.79 Å². The molecule has 1 N–H and O–H groups in total. The molecule has 0 aromatic carbocycles. The van der Waals surface area contributed by atoms with Gasteiger partial charge in [-0.2, -0.15) is 0 Å². The van der Waals surface area contributed by atoms with E-state index in [4.69, 9.17) is 9.97 Å². The Balaban J connectivity index is 1.35. The predicted molar refractivity (Wildman–Crippen MR) is 144 cm³/mol. The number of carbonyl (C=O) groups is 1. The van der Waals surface area contributed by atoms with Gasteiger partial charge in [0.2, 0.25) is 0 Å². The lowest BCUT2D eigenvalue weighted by Crippen LogP contribution is -2.39. The average molecular weight is 501 g/mol. The van der Waals surface area contributed by atoms with Gasteiger partial charge >= 0.3 is 0 Å². The van der Waals surface area contributed by atoms with E-state index in [-0.39, 0.29) is 11.4 Å². The van der Waals surface area contributed by atoms with Gasteiger partial charge in [0.05, 0.1) is 17.8 Å². The molecule has 3 aromatic heterocycles. The van der Waals surface area contributed by atoms with Crippen LogP contribution in [0.3, 0.4) is 0 Å². The standard InChI is InChI=1S/C28H36N8O/c1-17-11-18(2)15-34(14-17)25-12-19-20(22(31-25)13-29-5)16-35(27(19)37)23-8-6-7-21(30-23)26-33-32-24-9-10-28(3,4)36(24)26/h6-8,12,17-18,29H,9-11,13-16H2,1-5H3. The fourth-order valence-corrected chi connectivity index (χ4v) is 6.37. The molecule has 9 nitrogen and oxygen atoms in total. The predicted octanol–water partition coefficient (Wildman–Crippen LogP) is 3.78. The van der Waals surface area contributed by atoms with Crippen molar-refractivity contribution in [3.05, 3.63) is 46.9 Å². The summed E-state index contributed by atoms with van der Waals surface area (Å²) < 4.78 is 2.20. The van der Waals surface area contributed by atoms with E-state index >= 15 is 0 Å². The number of aryl methyl sites for hydroxylation is 1. The summed E-state index contributed by atoms with van der Waals surface area (Å²) in [7, 11) is 1.92. The second-order valence-electron chi connectivity index (χ2n) is 11.7. The van der Waals surface area contributed by atoms with E-state index in [2.05, 4.69) is 52.7 Å². The molecule has 37 heavy (non-hydrogen) atoms. The third-order valence-corrected chi connectivity index (χ3v) is 8.06. The Morgan fingerprint density at radius 2 is 1.86 bits per heavy atom. The molecule has 0 radical (unpaired) electrons. The van der Waals surface area contributed by atoms with Crippen molar-refractivity contribution in [1.29, 1.82) is 0 Å². The first-order valence-electron chi connectivity index (χ1n) is 13.4. The van der Waals surface area contributed by atoms with Crippen LogP contribution in [0.15, 0.2) is 24.3 Å². The van der Waals surface area contributed by atoms with Gasteiger partial charge in [0, 0.05) is 37.2 Å². The Labute approximate surface area is 218 Å². The SMILES string of the molecule is CNCc1nc(N2CC(C)CC(C)C2)cc2c1CN(c1cccc(-c3nnc4n3C(C)(C)CC4)n1)C2=O. The van der Waals surface area contributed by atoms with Crippen LogP contribution in [0.25, 0.3) is 11.5 Å². The number of carbonyl (C=O) groups excluding carboxylic acids is 1. The van der Waals surface area contributed by atoms with Crippen LogP contribution < -0.4 is 15.1 Å². The average Bonchev–Trinajstić information content (AvgIpc) is 3.53. The normalized spacial score (nSPS) is 22.5. The van der Waals surface area contributed by atoms with Crippen LogP contribution in [0, 0.1) is 11.8 Å². The maximum atomic E-state index is 13.8. The van der Waals surface area contributed by atoms with Crippen LogP contribution in [0.5, 0.6) is 0 Å². The molecular weight excluding hydrogens is 464 g/mol. The highest BCUT2D eigenvalue weighted by Crippen LogP contribution is 2.37. The highest BCUT2D eigenvalue weighted by Gasteiger charge is 2.36. The van der Waals surface area contributed by atoms with Gasteiger partial charge in [0.25, 0.3) is 5.91 Å². The second kappa shape index (κ2) is 8.90. The fourth-order valence-electron chi connectivity index (χ4n) is 6.37. The summed E-state index contributed by atoms with van der Waals surface area (Å²) in [5.41, 5.74) is 3.33. The van der Waals surface area contributed by atoms with E-state index in [1.807, 2.05) is 31.3 Å². The smallest absolute Gasteiger partial charge is 0.260 e. The summed E-state index contributed by atoms with van der Waals surface area (Å²) >= 11 is 0. The lowest BCUT2D eigenvalue weighted by Gasteiger charge is -2.36. The number of nitrogens with one attached hydrogen (secondary N) is 1. The quantitative estimate of drug-likeness (QED) is 0.570. The minimum Gasteiger partial charge on any atom is -0.356 e. The maximum absolute atomic E-state index is 13.8. The molecule has 2 unspecified atom stereocenters. The minimum absolute atomic E-state index is 0.0226. The maximum Gasteiger partial charge on any atom is 0.260 e. The number of pyridine rings is 2. The fraction of sp³-hybridized carbons (Fsp3) is 0.536. The van der Waals surface area contributed by atoms with Crippen LogP contribution in [-0.4, -0.2) is 50.8 Å². The summed E-state index contributed by atoms with van der Waals surface area (Å²) in [6.07, 6.45) is 3.17. The van der Waals surface area contributed by atoms with E-state index in [0.717, 1.165) is 65.9 Å². The number of anilines is 2. The van der Waals surface area contributed by atoms with Gasteiger partial charge in [-0.1, -0.05) is 19.9 Å². The lowest BCUT2D eigenvalue weighted by molar-refractivity contribution is 0.0996. The molecule has 1 fully saturated rings. The molecular formula is C28H36N8O. The lowest BCUT2D eigenvalue weighted by atomic mass is 9.92. The number of hydrogen-bond acceptors (Lipinski definition) is 7. The first-order valence-corrected chi connectivity index (χ1v) is 13.4. The molecule has 0 aliphatic carbocycles. The van der Waals surface area contributed by atoms with Gasteiger partial charge < -0.3 is 14.8 Å². The highest BCUT2D eigenvalue weighted by atomic mass is 16.2. The van der Waals surface area contributed by atoms with Gasteiger partial charge in [-0.05, 0) is 63.8 Å². The molecule has 1 saturated heterocycles. The Bertz CT molecular complexity index is 1350. The van der Waals surface area contributed by atoms with E-state index < -0.39 is 0 Å². The number of aromatic nitrogens is 5. The van der Waals surface area contributed by atoms with E-state index in [1.54, 1.807) is 4.90 Å². The molecule has 0 bridgehead atoms. The third-order valence-electron chi connectivity index (χ3n) is 8.06. The Morgan fingerprint density at radius 3 is 2.62 bits per heavy atom. The molecule has 2 atom stereocenters. The van der Waals surface area contributed by atoms with Gasteiger partial charge in [0.1, 0.15) is 23.2 Å². The van der Waals surface area contributed by atoms with Crippen LogP contribution >= 0.6 is 0 Å². The van der Waals surface area contributed by atoms with Gasteiger partial charge in [-0.25, -0.2) is 9.97 Å². The number of hydrogen-bond donors (Lipinski definition) is 1. The third kappa shape index (κ3) is 4.09. The number of nitrogens with zero attached hydrogens (tertiary/aromatic N) is 7. The zero-order valence-electron chi connectivity index (χ0n) is 22.5. The summed E-state index contributed by atoms with van der Waals surface area (Å²) in [6.45, 7) is 12.0. The summed E-state index contributed by atoms with van der Waals surface area (Å²) in [4.78, 5) is 27.9. The zero-order valence-corrected chi connectivity index (χ0v) is 22.5. The Hall–Kier alpha value is -3.33. The Kier molecular flexibility index (Phi) is 5.78.